The maximum atomic E-state index is 12.4. The van der Waals surface area contributed by atoms with E-state index in [-0.39, 0.29) is 12.7 Å². The van der Waals surface area contributed by atoms with E-state index in [9.17, 15) is 4.79 Å². The van der Waals surface area contributed by atoms with Crippen LogP contribution in [0.2, 0.25) is 5.02 Å². The van der Waals surface area contributed by atoms with Crippen LogP contribution in [0.3, 0.4) is 0 Å². The normalized spacial score (nSPS) is 18.3. The highest BCUT2D eigenvalue weighted by Crippen LogP contribution is 2.40. The summed E-state index contributed by atoms with van der Waals surface area (Å²) in [5.41, 5.74) is 2.29. The number of nitrogens with zero attached hydrogens (tertiary/aromatic N) is 1. The van der Waals surface area contributed by atoms with Crippen molar-refractivity contribution in [2.45, 2.75) is 6.92 Å². The second kappa shape index (κ2) is 7.17. The van der Waals surface area contributed by atoms with Gasteiger partial charge in [-0.1, -0.05) is 17.7 Å². The Labute approximate surface area is 165 Å². The summed E-state index contributed by atoms with van der Waals surface area (Å²) in [5.74, 6) is 1.61. The summed E-state index contributed by atoms with van der Waals surface area (Å²) < 4.78 is 16.2. The molecule has 2 aliphatic rings. The van der Waals surface area contributed by atoms with E-state index in [1.807, 2.05) is 19.1 Å². The van der Waals surface area contributed by atoms with E-state index in [1.54, 1.807) is 31.4 Å². The van der Waals surface area contributed by atoms with Crippen molar-refractivity contribution in [2.24, 2.45) is 4.99 Å². The quantitative estimate of drug-likeness (QED) is 0.776. The molecule has 2 aromatic rings. The predicted molar refractivity (Wildman–Crippen MR) is 106 cm³/mol. The molecule has 4 rings (SSSR count). The number of ether oxygens (including phenoxy) is 3. The molecule has 6 nitrogen and oxygen atoms in total. The van der Waals surface area contributed by atoms with Crippen molar-refractivity contribution in [3.8, 4) is 17.2 Å². The summed E-state index contributed by atoms with van der Waals surface area (Å²) in [6, 6.07) is 9.01. The van der Waals surface area contributed by atoms with Gasteiger partial charge in [0, 0.05) is 16.7 Å². The van der Waals surface area contributed by atoms with Gasteiger partial charge in [0.25, 0.3) is 5.91 Å². The fourth-order valence-electron chi connectivity index (χ4n) is 2.68. The zero-order valence-corrected chi connectivity index (χ0v) is 16.1. The van der Waals surface area contributed by atoms with E-state index >= 15 is 0 Å². The maximum Gasteiger partial charge on any atom is 0.264 e. The topological polar surface area (TPSA) is 69.2 Å². The Morgan fingerprint density at radius 2 is 2.07 bits per heavy atom. The number of aliphatic imine (C=N–C) groups is 1. The van der Waals surface area contributed by atoms with E-state index in [1.165, 1.54) is 11.8 Å². The Bertz CT molecular complexity index is 1000. The molecule has 1 saturated heterocycles. The third-order valence-corrected chi connectivity index (χ3v) is 5.44. The van der Waals surface area contributed by atoms with Crippen LogP contribution in [0.5, 0.6) is 17.2 Å². The Balaban J connectivity index is 1.65. The number of hydrogen-bond acceptors (Lipinski definition) is 6. The molecule has 1 N–H and O–H groups in total. The monoisotopic (exact) mass is 402 g/mol. The molecule has 2 aliphatic heterocycles. The lowest BCUT2D eigenvalue weighted by Gasteiger charge is -2.06. The molecule has 2 aromatic carbocycles. The molecular weight excluding hydrogens is 388 g/mol. The fourth-order valence-corrected chi connectivity index (χ4v) is 3.67. The molecule has 0 aromatic heterocycles. The van der Waals surface area contributed by atoms with Crippen LogP contribution >= 0.6 is 23.4 Å². The highest BCUT2D eigenvalue weighted by molar-refractivity contribution is 8.18. The van der Waals surface area contributed by atoms with Gasteiger partial charge in [-0.3, -0.25) is 4.79 Å². The highest BCUT2D eigenvalue weighted by Gasteiger charge is 2.25. The van der Waals surface area contributed by atoms with E-state index in [0.29, 0.717) is 38.0 Å². The molecule has 1 amide bonds. The van der Waals surface area contributed by atoms with Gasteiger partial charge >= 0.3 is 0 Å². The van der Waals surface area contributed by atoms with Gasteiger partial charge in [-0.15, -0.1) is 0 Å². The van der Waals surface area contributed by atoms with Crippen molar-refractivity contribution in [3.63, 3.8) is 0 Å². The first kappa shape index (κ1) is 17.8. The fraction of sp³-hybridized carbons (Fsp3) is 0.158. The van der Waals surface area contributed by atoms with Crippen LogP contribution in [-0.4, -0.2) is 25.0 Å². The van der Waals surface area contributed by atoms with Crippen LogP contribution in [0.25, 0.3) is 6.08 Å². The average Bonchev–Trinajstić information content (AvgIpc) is 3.24. The Morgan fingerprint density at radius 3 is 2.85 bits per heavy atom. The van der Waals surface area contributed by atoms with Crippen LogP contribution in [0.15, 0.2) is 40.2 Å². The largest absolute Gasteiger partial charge is 0.496 e. The van der Waals surface area contributed by atoms with Crippen molar-refractivity contribution in [1.29, 1.82) is 0 Å². The second-order valence-electron chi connectivity index (χ2n) is 5.81. The highest BCUT2D eigenvalue weighted by atomic mass is 35.5. The van der Waals surface area contributed by atoms with Gasteiger partial charge in [0.1, 0.15) is 5.75 Å². The molecule has 8 heteroatoms. The number of nitrogens with one attached hydrogen (secondary N) is 1. The zero-order valence-electron chi connectivity index (χ0n) is 14.5. The van der Waals surface area contributed by atoms with Gasteiger partial charge in [0.2, 0.25) is 6.79 Å². The number of carbonyl (C=O) groups excluding carboxylic acids is 1. The number of hydrogen-bond donors (Lipinski definition) is 1. The summed E-state index contributed by atoms with van der Waals surface area (Å²) in [5, 5.41) is 3.90. The molecule has 0 bridgehead atoms. The number of amides is 1. The molecule has 2 heterocycles. The van der Waals surface area contributed by atoms with Crippen LogP contribution in [-0.2, 0) is 4.79 Å². The third kappa shape index (κ3) is 3.48. The molecular formula is C19H15ClN2O4S. The minimum Gasteiger partial charge on any atom is -0.496 e. The molecule has 27 heavy (non-hydrogen) atoms. The van der Waals surface area contributed by atoms with E-state index in [0.717, 1.165) is 11.1 Å². The Hall–Kier alpha value is -2.64. The van der Waals surface area contributed by atoms with Gasteiger partial charge < -0.3 is 19.5 Å². The molecule has 138 valence electrons. The average molecular weight is 403 g/mol. The predicted octanol–water partition coefficient (Wildman–Crippen LogP) is 4.28. The van der Waals surface area contributed by atoms with Gasteiger partial charge in [0.15, 0.2) is 16.7 Å². The lowest BCUT2D eigenvalue weighted by molar-refractivity contribution is -0.115. The Kier molecular flexibility index (Phi) is 4.72. The second-order valence-corrected chi connectivity index (χ2v) is 7.25. The maximum absolute atomic E-state index is 12.4. The summed E-state index contributed by atoms with van der Waals surface area (Å²) in [4.78, 5) is 17.4. The van der Waals surface area contributed by atoms with Crippen molar-refractivity contribution < 1.29 is 19.0 Å². The first-order chi connectivity index (χ1) is 13.0. The Morgan fingerprint density at radius 1 is 1.30 bits per heavy atom. The number of benzene rings is 2. The smallest absolute Gasteiger partial charge is 0.264 e. The minimum absolute atomic E-state index is 0.170. The number of rotatable bonds is 3. The zero-order chi connectivity index (χ0) is 19.0. The molecule has 0 aliphatic carbocycles. The molecule has 0 unspecified atom stereocenters. The van der Waals surface area contributed by atoms with Crippen molar-refractivity contribution in [2.75, 3.05) is 13.9 Å². The van der Waals surface area contributed by atoms with Gasteiger partial charge in [-0.25, -0.2) is 4.99 Å². The number of fused-ring (bicyclic) bond motifs is 1. The van der Waals surface area contributed by atoms with Crippen LogP contribution < -0.4 is 19.5 Å². The summed E-state index contributed by atoms with van der Waals surface area (Å²) >= 11 is 7.39. The van der Waals surface area contributed by atoms with Crippen molar-refractivity contribution in [1.82, 2.24) is 5.32 Å². The third-order valence-electron chi connectivity index (χ3n) is 4.12. The molecule has 0 atom stereocenters. The van der Waals surface area contributed by atoms with Crippen molar-refractivity contribution >= 4 is 46.2 Å². The summed E-state index contributed by atoms with van der Waals surface area (Å²) in [7, 11) is 1.57. The molecule has 0 spiro atoms. The van der Waals surface area contributed by atoms with Gasteiger partial charge in [0.05, 0.1) is 17.7 Å². The first-order valence-electron chi connectivity index (χ1n) is 8.07. The number of carbonyl (C=O) groups is 1. The van der Waals surface area contributed by atoms with Gasteiger partial charge in [-0.05, 0) is 48.5 Å². The summed E-state index contributed by atoms with van der Waals surface area (Å²) in [6.07, 6.45) is 1.74. The number of methoxy groups -OCH3 is 1. The van der Waals surface area contributed by atoms with Crippen LogP contribution in [0.4, 0.5) is 5.69 Å². The lowest BCUT2D eigenvalue weighted by Crippen LogP contribution is -2.19. The molecule has 0 saturated carbocycles. The summed E-state index contributed by atoms with van der Waals surface area (Å²) in [6.45, 7) is 2.06. The standard InChI is InChI=1S/C19H15ClN2O4S/c1-10-12(20)4-3-5-13(10)21-19-22-18(23)17(27-19)7-11-6-15-16(26-9-25-15)8-14(11)24-2/h3-8H,9H2,1-2H3,(H,21,22,23)/b17-7-. The minimum atomic E-state index is -0.224. The number of thioether (sulfide) groups is 1. The molecule has 0 radical (unpaired) electrons. The number of halogens is 1. The van der Waals surface area contributed by atoms with E-state index in [4.69, 9.17) is 25.8 Å². The number of amidine groups is 1. The van der Waals surface area contributed by atoms with E-state index < -0.39 is 0 Å². The van der Waals surface area contributed by atoms with Crippen LogP contribution in [0.1, 0.15) is 11.1 Å². The lowest BCUT2D eigenvalue weighted by atomic mass is 10.1. The van der Waals surface area contributed by atoms with Gasteiger partial charge in [-0.2, -0.15) is 0 Å². The first-order valence-corrected chi connectivity index (χ1v) is 9.27. The SMILES string of the molecule is COc1cc2c(cc1/C=C1\SC(=Nc3cccc(Cl)c3C)NC1=O)OCO2. The van der Waals surface area contributed by atoms with Crippen molar-refractivity contribution in [3.05, 3.63) is 51.4 Å². The van der Waals surface area contributed by atoms with E-state index in [2.05, 4.69) is 10.3 Å². The molecule has 1 fully saturated rings. The van der Waals surface area contributed by atoms with Crippen LogP contribution in [0, 0.1) is 6.92 Å².